The Labute approximate surface area is 148 Å². The van der Waals surface area contributed by atoms with Crippen LogP contribution in [0.25, 0.3) is 11.3 Å². The molecule has 0 saturated carbocycles. The summed E-state index contributed by atoms with van der Waals surface area (Å²) in [4.78, 5) is 0.0289. The molecule has 7 nitrogen and oxygen atoms in total. The largest absolute Gasteiger partial charge is 0.454 e. The lowest BCUT2D eigenvalue weighted by Gasteiger charge is -2.05. The van der Waals surface area contributed by atoms with E-state index in [9.17, 15) is 8.42 Å². The van der Waals surface area contributed by atoms with Gasteiger partial charge in [-0.2, -0.15) is 0 Å². The van der Waals surface area contributed by atoms with Gasteiger partial charge >= 0.3 is 0 Å². The number of nitrogens with zero attached hydrogens (tertiary/aromatic N) is 1. The van der Waals surface area contributed by atoms with Crippen LogP contribution in [0.2, 0.25) is 5.02 Å². The number of aromatic nitrogens is 1. The molecule has 1 aliphatic heterocycles. The molecular weight excluding hydrogens is 368 g/mol. The summed E-state index contributed by atoms with van der Waals surface area (Å²) >= 11 is 5.84. The maximum atomic E-state index is 12.5. The van der Waals surface area contributed by atoms with Crippen LogP contribution in [0.3, 0.4) is 0 Å². The molecule has 1 aromatic heterocycles. The van der Waals surface area contributed by atoms with Crippen LogP contribution in [0.1, 0.15) is 0 Å². The maximum Gasteiger partial charge on any atom is 0.264 e. The molecule has 2 heterocycles. The Morgan fingerprint density at radius 1 is 1.00 bits per heavy atom. The standard InChI is InChI=1S/C16H11ClN2O5S/c17-11-3-1-10(2-4-11)13-8-16(24-18-13)19-25(20,21)12-5-6-14-15(7-12)23-9-22-14/h1-8,19H,9H2. The molecule has 0 amide bonds. The van der Waals surface area contributed by atoms with Crippen molar-refractivity contribution in [2.45, 2.75) is 4.90 Å². The molecule has 0 bridgehead atoms. The minimum absolute atomic E-state index is 0.00242. The molecule has 0 atom stereocenters. The highest BCUT2D eigenvalue weighted by atomic mass is 35.5. The van der Waals surface area contributed by atoms with E-state index in [0.717, 1.165) is 5.56 Å². The molecule has 1 aliphatic rings. The minimum Gasteiger partial charge on any atom is -0.454 e. The first-order valence-corrected chi connectivity index (χ1v) is 9.02. The number of rotatable bonds is 4. The Balaban J connectivity index is 1.58. The van der Waals surface area contributed by atoms with E-state index in [2.05, 4.69) is 9.88 Å². The lowest BCUT2D eigenvalue weighted by Crippen LogP contribution is -2.12. The van der Waals surface area contributed by atoms with E-state index >= 15 is 0 Å². The Bertz CT molecular complexity index is 1030. The van der Waals surface area contributed by atoms with Crippen LogP contribution in [0.5, 0.6) is 11.5 Å². The molecule has 9 heteroatoms. The molecule has 0 saturated heterocycles. The molecule has 25 heavy (non-hydrogen) atoms. The number of ether oxygens (including phenoxy) is 2. The molecule has 128 valence electrons. The summed E-state index contributed by atoms with van der Waals surface area (Å²) in [5.74, 6) is 0.883. The maximum absolute atomic E-state index is 12.5. The third-order valence-electron chi connectivity index (χ3n) is 3.54. The van der Waals surface area contributed by atoms with Gasteiger partial charge in [0.25, 0.3) is 10.0 Å². The van der Waals surface area contributed by atoms with E-state index < -0.39 is 10.0 Å². The lowest BCUT2D eigenvalue weighted by molar-refractivity contribution is 0.174. The highest BCUT2D eigenvalue weighted by molar-refractivity contribution is 7.92. The third-order valence-corrected chi connectivity index (χ3v) is 5.14. The Morgan fingerprint density at radius 3 is 2.56 bits per heavy atom. The fourth-order valence-corrected chi connectivity index (χ4v) is 3.43. The fourth-order valence-electron chi connectivity index (χ4n) is 2.32. The summed E-state index contributed by atoms with van der Waals surface area (Å²) < 4.78 is 42.7. The van der Waals surface area contributed by atoms with E-state index in [1.165, 1.54) is 24.3 Å². The predicted molar refractivity (Wildman–Crippen MR) is 90.3 cm³/mol. The normalized spacial score (nSPS) is 13.0. The van der Waals surface area contributed by atoms with Gasteiger partial charge in [0.2, 0.25) is 12.7 Å². The molecule has 4 rings (SSSR count). The molecular formula is C16H11ClN2O5S. The van der Waals surface area contributed by atoms with Crippen molar-refractivity contribution in [1.29, 1.82) is 0 Å². The fraction of sp³-hybridized carbons (Fsp3) is 0.0625. The summed E-state index contributed by atoms with van der Waals surface area (Å²) in [6.45, 7) is 0.0683. The predicted octanol–water partition coefficient (Wildman–Crippen LogP) is 3.52. The number of nitrogens with one attached hydrogen (secondary N) is 1. The second kappa shape index (κ2) is 5.98. The zero-order valence-corrected chi connectivity index (χ0v) is 14.2. The molecule has 0 spiro atoms. The molecule has 0 fully saturated rings. The van der Waals surface area contributed by atoms with Gasteiger partial charge in [0.15, 0.2) is 11.5 Å². The van der Waals surface area contributed by atoms with Crippen molar-refractivity contribution in [2.24, 2.45) is 0 Å². The van der Waals surface area contributed by atoms with Gasteiger partial charge in [-0.05, 0) is 24.3 Å². The van der Waals surface area contributed by atoms with Crippen molar-refractivity contribution in [2.75, 3.05) is 11.5 Å². The summed E-state index contributed by atoms with van der Waals surface area (Å²) in [5.41, 5.74) is 1.24. The van der Waals surface area contributed by atoms with Crippen molar-refractivity contribution in [1.82, 2.24) is 5.16 Å². The van der Waals surface area contributed by atoms with E-state index in [4.69, 9.17) is 25.6 Å². The first-order chi connectivity index (χ1) is 12.0. The van der Waals surface area contributed by atoms with E-state index in [0.29, 0.717) is 22.2 Å². The second-order valence-electron chi connectivity index (χ2n) is 5.20. The SMILES string of the molecule is O=S(=O)(Nc1cc(-c2ccc(Cl)cc2)no1)c1ccc2c(c1)OCO2. The number of anilines is 1. The molecule has 0 aliphatic carbocycles. The zero-order chi connectivity index (χ0) is 17.4. The van der Waals surface area contributed by atoms with E-state index in [-0.39, 0.29) is 17.6 Å². The van der Waals surface area contributed by atoms with Gasteiger partial charge in [0, 0.05) is 22.7 Å². The third kappa shape index (κ3) is 3.13. The number of sulfonamides is 1. The Morgan fingerprint density at radius 2 is 1.76 bits per heavy atom. The molecule has 2 aromatic carbocycles. The second-order valence-corrected chi connectivity index (χ2v) is 7.32. The molecule has 0 radical (unpaired) electrons. The van der Waals surface area contributed by atoms with Crippen LogP contribution in [-0.4, -0.2) is 20.4 Å². The van der Waals surface area contributed by atoms with Crippen molar-refractivity contribution >= 4 is 27.5 Å². The van der Waals surface area contributed by atoms with Gasteiger partial charge < -0.3 is 14.0 Å². The topological polar surface area (TPSA) is 90.7 Å². The van der Waals surface area contributed by atoms with Gasteiger partial charge in [0.05, 0.1) is 4.90 Å². The van der Waals surface area contributed by atoms with Crippen LogP contribution in [0.15, 0.2) is 57.9 Å². The van der Waals surface area contributed by atoms with Crippen molar-refractivity contribution in [3.05, 3.63) is 53.6 Å². The van der Waals surface area contributed by atoms with E-state index in [1.807, 2.05) is 0 Å². The average Bonchev–Trinajstić information content (AvgIpc) is 3.23. The van der Waals surface area contributed by atoms with Crippen LogP contribution >= 0.6 is 11.6 Å². The van der Waals surface area contributed by atoms with Gasteiger partial charge in [0.1, 0.15) is 5.69 Å². The Kier molecular flexibility index (Phi) is 3.78. The van der Waals surface area contributed by atoms with Crippen molar-refractivity contribution in [3.63, 3.8) is 0 Å². The number of hydrogen-bond donors (Lipinski definition) is 1. The first kappa shape index (κ1) is 15.8. The molecule has 3 aromatic rings. The number of benzene rings is 2. The quantitative estimate of drug-likeness (QED) is 0.746. The summed E-state index contributed by atoms with van der Waals surface area (Å²) in [6.07, 6.45) is 0. The highest BCUT2D eigenvalue weighted by Crippen LogP contribution is 2.34. The van der Waals surface area contributed by atoms with Gasteiger partial charge in [-0.1, -0.05) is 28.9 Å². The van der Waals surface area contributed by atoms with Crippen LogP contribution in [0.4, 0.5) is 5.88 Å². The van der Waals surface area contributed by atoms with Gasteiger partial charge in [-0.25, -0.2) is 13.1 Å². The number of hydrogen-bond acceptors (Lipinski definition) is 6. The Hall–Kier alpha value is -2.71. The number of halogens is 1. The molecule has 1 N–H and O–H groups in total. The van der Waals surface area contributed by atoms with Gasteiger partial charge in [-0.3, -0.25) is 0 Å². The monoisotopic (exact) mass is 378 g/mol. The van der Waals surface area contributed by atoms with Crippen molar-refractivity contribution in [3.8, 4) is 22.8 Å². The summed E-state index contributed by atoms with van der Waals surface area (Å²) in [5, 5.41) is 4.46. The molecule has 0 unspecified atom stereocenters. The zero-order valence-electron chi connectivity index (χ0n) is 12.6. The van der Waals surface area contributed by atoms with Crippen LogP contribution in [-0.2, 0) is 10.0 Å². The van der Waals surface area contributed by atoms with Crippen molar-refractivity contribution < 1.29 is 22.4 Å². The highest BCUT2D eigenvalue weighted by Gasteiger charge is 2.22. The van der Waals surface area contributed by atoms with Gasteiger partial charge in [-0.15, -0.1) is 0 Å². The lowest BCUT2D eigenvalue weighted by atomic mass is 10.1. The summed E-state index contributed by atoms with van der Waals surface area (Å²) in [6, 6.07) is 12.8. The van der Waals surface area contributed by atoms with E-state index in [1.54, 1.807) is 24.3 Å². The summed E-state index contributed by atoms with van der Waals surface area (Å²) in [7, 11) is -3.85. The van der Waals surface area contributed by atoms with Crippen LogP contribution < -0.4 is 14.2 Å². The van der Waals surface area contributed by atoms with Crippen LogP contribution in [0, 0.1) is 0 Å². The smallest absolute Gasteiger partial charge is 0.264 e. The number of fused-ring (bicyclic) bond motifs is 1. The average molecular weight is 379 g/mol. The minimum atomic E-state index is -3.85. The first-order valence-electron chi connectivity index (χ1n) is 7.16.